The van der Waals surface area contributed by atoms with E-state index in [1.165, 1.54) is 0 Å². The first kappa shape index (κ1) is 16.5. The first-order chi connectivity index (χ1) is 1.00. The summed E-state index contributed by atoms with van der Waals surface area (Å²) in [7, 11) is 2.47. The standard InChI is InChI=1S/Co.Ni.H2P.Re/h;;1H2;/q;;-1;+1. The second kappa shape index (κ2) is 19.5. The van der Waals surface area contributed by atoms with E-state index in [2.05, 4.69) is 7.43 Å². The molecule has 0 aromatic rings. The Bertz CT molecular complexity index is 8.00. The Hall–Kier alpha value is 2.09. The summed E-state index contributed by atoms with van der Waals surface area (Å²) in [6.07, 6.45) is 0. The fraction of sp³-hybridized carbons (Fsp3) is 0. The van der Waals surface area contributed by atoms with Crippen LogP contribution in [0.3, 0.4) is 0 Å². The molecule has 4 heavy (non-hydrogen) atoms. The van der Waals surface area contributed by atoms with Crippen LogP contribution in [0, 0.1) is 0 Å². The predicted octanol–water partition coefficient (Wildman–Crippen LogP) is 0.318. The van der Waals surface area contributed by atoms with Gasteiger partial charge >= 0.3 is 26.1 Å². The SMILES string of the molecule is [Co].[Ni].[PH2][Re]. The number of hydrogen-bond acceptors (Lipinski definition) is 0. The van der Waals surface area contributed by atoms with Gasteiger partial charge in [0.25, 0.3) is 0 Å². The predicted molar refractivity (Wildman–Crippen MR) is 9.71 cm³/mol. The Morgan fingerprint density at radius 2 is 1.25 bits per heavy atom. The molecule has 1 radical (unpaired) electrons. The summed E-state index contributed by atoms with van der Waals surface area (Å²) in [4.78, 5) is 0. The van der Waals surface area contributed by atoms with E-state index in [1.807, 2.05) is 0 Å². The molecule has 1 unspecified atom stereocenters. The molecule has 0 rings (SSSR count). The van der Waals surface area contributed by atoms with Crippen LogP contribution in [-0.4, -0.2) is 0 Å². The molecule has 0 aliphatic carbocycles. The Labute approximate surface area is 59.1 Å². The van der Waals surface area contributed by atoms with Gasteiger partial charge < -0.3 is 0 Å². The van der Waals surface area contributed by atoms with Crippen molar-refractivity contribution in [3.63, 3.8) is 0 Å². The third kappa shape index (κ3) is 8.94. The summed E-state index contributed by atoms with van der Waals surface area (Å²) >= 11 is 1.64. The van der Waals surface area contributed by atoms with Crippen LogP contribution in [0.1, 0.15) is 0 Å². The van der Waals surface area contributed by atoms with Crippen molar-refractivity contribution < 1.29 is 52.0 Å². The summed E-state index contributed by atoms with van der Waals surface area (Å²) < 4.78 is 0. The van der Waals surface area contributed by atoms with E-state index >= 15 is 0 Å². The summed E-state index contributed by atoms with van der Waals surface area (Å²) in [6, 6.07) is 0. The van der Waals surface area contributed by atoms with Crippen molar-refractivity contribution in [1.29, 1.82) is 0 Å². The van der Waals surface area contributed by atoms with Gasteiger partial charge in [-0.1, -0.05) is 0 Å². The van der Waals surface area contributed by atoms with E-state index in [1.54, 1.807) is 18.7 Å². The summed E-state index contributed by atoms with van der Waals surface area (Å²) in [6.45, 7) is 0. The summed E-state index contributed by atoms with van der Waals surface area (Å²) in [5.41, 5.74) is 0. The number of hydrogen-bond donors (Lipinski definition) is 0. The van der Waals surface area contributed by atoms with Crippen LogP contribution in [0.2, 0.25) is 0 Å². The van der Waals surface area contributed by atoms with Crippen LogP contribution in [0.15, 0.2) is 0 Å². The van der Waals surface area contributed by atoms with Gasteiger partial charge in [-0.05, 0) is 0 Å². The normalized spacial score (nSPS) is 1.50. The fourth-order valence-electron chi connectivity index (χ4n) is 0. The average Bonchev–Trinajstić information content (AvgIpc) is 1.00. The van der Waals surface area contributed by atoms with Gasteiger partial charge in [0.15, 0.2) is 0 Å². The zero-order valence-electron chi connectivity index (χ0n) is 1.60. The molecule has 0 spiro atoms. The van der Waals surface area contributed by atoms with Crippen LogP contribution in [-0.2, 0) is 52.0 Å². The van der Waals surface area contributed by atoms with Crippen LogP contribution >= 0.6 is 7.43 Å². The first-order valence-electron chi connectivity index (χ1n) is 0.218. The monoisotopic (exact) mass is 337 g/mol. The molecule has 0 aliphatic rings. The van der Waals surface area contributed by atoms with Crippen molar-refractivity contribution >= 4 is 7.43 Å². The molecule has 0 aromatic heterocycles. The van der Waals surface area contributed by atoms with Crippen molar-refractivity contribution in [3.8, 4) is 0 Å². The molecule has 0 saturated heterocycles. The quantitative estimate of drug-likeness (QED) is 0.441. The zero-order valence-corrected chi connectivity index (χ0v) is 7.50. The van der Waals surface area contributed by atoms with Gasteiger partial charge in [-0.15, -0.1) is 0 Å². The van der Waals surface area contributed by atoms with Gasteiger partial charge in [0.05, 0.1) is 0 Å². The van der Waals surface area contributed by atoms with Crippen LogP contribution in [0.25, 0.3) is 0 Å². The van der Waals surface area contributed by atoms with E-state index in [-0.39, 0.29) is 33.3 Å². The molecule has 1 atom stereocenters. The van der Waals surface area contributed by atoms with Crippen LogP contribution in [0.4, 0.5) is 0 Å². The van der Waals surface area contributed by atoms with Crippen molar-refractivity contribution in [3.05, 3.63) is 0 Å². The van der Waals surface area contributed by atoms with Gasteiger partial charge in [-0.25, -0.2) is 0 Å². The van der Waals surface area contributed by atoms with Crippen molar-refractivity contribution in [1.82, 2.24) is 0 Å². The summed E-state index contributed by atoms with van der Waals surface area (Å²) in [5, 5.41) is 0. The van der Waals surface area contributed by atoms with Crippen molar-refractivity contribution in [2.45, 2.75) is 0 Å². The first-order valence-corrected chi connectivity index (χ1v) is 5.36. The van der Waals surface area contributed by atoms with E-state index < -0.39 is 0 Å². The van der Waals surface area contributed by atoms with Gasteiger partial charge in [0, 0.05) is 33.3 Å². The Balaban J connectivity index is -0.00000000500. The molecule has 0 aromatic carbocycles. The van der Waals surface area contributed by atoms with Gasteiger partial charge in [-0.2, -0.15) is 0 Å². The molecule has 0 heterocycles. The molecule has 0 N–H and O–H groups in total. The van der Waals surface area contributed by atoms with Crippen molar-refractivity contribution in [2.24, 2.45) is 0 Å². The summed E-state index contributed by atoms with van der Waals surface area (Å²) in [5.74, 6) is 0. The topological polar surface area (TPSA) is 0 Å². The molecule has 33 valence electrons. The number of rotatable bonds is 0. The third-order valence-corrected chi connectivity index (χ3v) is 0. The molecule has 0 bridgehead atoms. The maximum atomic E-state index is 2.47. The van der Waals surface area contributed by atoms with E-state index in [9.17, 15) is 0 Å². The molecule has 0 amide bonds. The molecule has 0 nitrogen and oxygen atoms in total. The molecule has 0 fully saturated rings. The minimum absolute atomic E-state index is 0. The maximum absolute atomic E-state index is 2.47. The molecule has 0 aliphatic heterocycles. The van der Waals surface area contributed by atoms with E-state index in [0.29, 0.717) is 0 Å². The van der Waals surface area contributed by atoms with Crippen molar-refractivity contribution in [2.75, 3.05) is 0 Å². The third-order valence-electron chi connectivity index (χ3n) is 0. The average molecular weight is 337 g/mol. The fourth-order valence-corrected chi connectivity index (χ4v) is 0. The zero-order chi connectivity index (χ0) is 2.00. The van der Waals surface area contributed by atoms with Crippen LogP contribution in [0.5, 0.6) is 0 Å². The van der Waals surface area contributed by atoms with Gasteiger partial charge in [0.1, 0.15) is 0 Å². The Morgan fingerprint density at radius 3 is 1.25 bits per heavy atom. The minimum atomic E-state index is 0. The van der Waals surface area contributed by atoms with Gasteiger partial charge in [0.2, 0.25) is 0 Å². The Morgan fingerprint density at radius 1 is 1.25 bits per heavy atom. The van der Waals surface area contributed by atoms with E-state index in [0.717, 1.165) is 0 Å². The molecular formula is H2CoNiPRe. The Kier molecular flexibility index (Phi) is 80.5. The van der Waals surface area contributed by atoms with E-state index in [4.69, 9.17) is 0 Å². The molecular weight excluding hydrogens is 335 g/mol. The second-order valence-electron chi connectivity index (χ2n) is 0. The van der Waals surface area contributed by atoms with Gasteiger partial charge in [-0.3, -0.25) is 0 Å². The molecule has 0 saturated carbocycles. The second-order valence-corrected chi connectivity index (χ2v) is 0. The van der Waals surface area contributed by atoms with Crippen LogP contribution < -0.4 is 0 Å². The molecule has 4 heteroatoms.